The van der Waals surface area contributed by atoms with Gasteiger partial charge >= 0.3 is 6.29 Å². The number of benzene rings is 2. The zero-order valence-electron chi connectivity index (χ0n) is 16.1. The molecular weight excluding hydrogens is 384 g/mol. The third kappa shape index (κ3) is 4.11. The molecule has 1 aliphatic carbocycles. The van der Waals surface area contributed by atoms with Crippen LogP contribution in [0, 0.1) is 5.92 Å². The fraction of sp³-hybridized carbons (Fsp3) is 0.391. The van der Waals surface area contributed by atoms with Gasteiger partial charge in [-0.05, 0) is 67.3 Å². The van der Waals surface area contributed by atoms with Crippen LogP contribution in [0.25, 0.3) is 5.83 Å². The number of aryl methyl sites for hydroxylation is 1. The van der Waals surface area contributed by atoms with Crippen molar-refractivity contribution in [3.63, 3.8) is 0 Å². The molecule has 0 saturated heterocycles. The number of fused-ring (bicyclic) bond motifs is 1. The molecule has 2 aromatic carbocycles. The molecule has 1 heterocycles. The van der Waals surface area contributed by atoms with Gasteiger partial charge in [-0.2, -0.15) is 0 Å². The molecule has 1 aliphatic heterocycles. The standard InChI is InChI=1S/C23H22F4O2/c1-2-14-3-5-15(6-4-14)16-7-9-17(10-8-16)21(24)22(25)18-11-12-19-20(13-18)29-23(26,27)28-19/h3-6,11-13,16-17H,2,7-10H2,1H3/b22-21+. The van der Waals surface area contributed by atoms with E-state index in [9.17, 15) is 17.6 Å². The smallest absolute Gasteiger partial charge is 0.395 e. The van der Waals surface area contributed by atoms with E-state index in [1.54, 1.807) is 0 Å². The number of rotatable bonds is 4. The van der Waals surface area contributed by atoms with Gasteiger partial charge in [-0.1, -0.05) is 31.2 Å². The summed E-state index contributed by atoms with van der Waals surface area (Å²) in [5.41, 5.74) is 2.39. The maximum atomic E-state index is 14.8. The van der Waals surface area contributed by atoms with Crippen LogP contribution in [-0.4, -0.2) is 6.29 Å². The maximum Gasteiger partial charge on any atom is 0.586 e. The Morgan fingerprint density at radius 2 is 1.59 bits per heavy atom. The van der Waals surface area contributed by atoms with Gasteiger partial charge in [0, 0.05) is 11.5 Å². The van der Waals surface area contributed by atoms with E-state index < -0.39 is 23.9 Å². The lowest BCUT2D eigenvalue weighted by Gasteiger charge is -2.28. The highest BCUT2D eigenvalue weighted by atomic mass is 19.3. The molecule has 0 N–H and O–H groups in total. The molecule has 2 nitrogen and oxygen atoms in total. The maximum absolute atomic E-state index is 14.8. The van der Waals surface area contributed by atoms with Crippen molar-refractivity contribution in [2.24, 2.45) is 5.92 Å². The Balaban J connectivity index is 1.44. The molecule has 4 rings (SSSR count). The summed E-state index contributed by atoms with van der Waals surface area (Å²) in [5.74, 6) is -2.50. The van der Waals surface area contributed by atoms with E-state index in [2.05, 4.69) is 40.7 Å². The number of allylic oxidation sites excluding steroid dienone is 1. The molecule has 29 heavy (non-hydrogen) atoms. The first-order valence-corrected chi connectivity index (χ1v) is 9.90. The molecule has 1 fully saturated rings. The van der Waals surface area contributed by atoms with Gasteiger partial charge in [0.15, 0.2) is 17.3 Å². The van der Waals surface area contributed by atoms with E-state index in [4.69, 9.17) is 0 Å². The summed E-state index contributed by atoms with van der Waals surface area (Å²) in [6.07, 6.45) is -0.147. The van der Waals surface area contributed by atoms with E-state index in [-0.39, 0.29) is 17.1 Å². The van der Waals surface area contributed by atoms with E-state index in [0.717, 1.165) is 31.4 Å². The molecule has 0 aromatic heterocycles. The SMILES string of the molecule is CCc1ccc(C2CCC(/C(F)=C(\F)c3ccc4c(c3)OC(F)(F)O4)CC2)cc1. The van der Waals surface area contributed by atoms with E-state index >= 15 is 0 Å². The zero-order chi connectivity index (χ0) is 20.6. The molecule has 0 radical (unpaired) electrons. The highest BCUT2D eigenvalue weighted by Crippen LogP contribution is 2.45. The van der Waals surface area contributed by atoms with Gasteiger partial charge in [-0.25, -0.2) is 8.78 Å². The molecule has 6 heteroatoms. The van der Waals surface area contributed by atoms with Gasteiger partial charge in [0.1, 0.15) is 5.83 Å². The second kappa shape index (κ2) is 7.73. The fourth-order valence-electron chi connectivity index (χ4n) is 4.11. The summed E-state index contributed by atoms with van der Waals surface area (Å²) in [6, 6.07) is 11.9. The van der Waals surface area contributed by atoms with Crippen LogP contribution < -0.4 is 9.47 Å². The normalized spacial score (nSPS) is 23.6. The quantitative estimate of drug-likeness (QED) is 0.502. The molecule has 0 bridgehead atoms. The lowest BCUT2D eigenvalue weighted by molar-refractivity contribution is -0.286. The van der Waals surface area contributed by atoms with Crippen LogP contribution in [0.15, 0.2) is 48.3 Å². The highest BCUT2D eigenvalue weighted by Gasteiger charge is 2.43. The van der Waals surface area contributed by atoms with E-state index in [0.29, 0.717) is 18.8 Å². The summed E-state index contributed by atoms with van der Waals surface area (Å²) >= 11 is 0. The third-order valence-corrected chi connectivity index (χ3v) is 5.81. The zero-order valence-corrected chi connectivity index (χ0v) is 16.1. The predicted octanol–water partition coefficient (Wildman–Crippen LogP) is 7.15. The van der Waals surface area contributed by atoms with Gasteiger partial charge in [-0.3, -0.25) is 0 Å². The van der Waals surface area contributed by atoms with Crippen LogP contribution in [0.5, 0.6) is 11.5 Å². The van der Waals surface area contributed by atoms with Crippen molar-refractivity contribution >= 4 is 5.83 Å². The monoisotopic (exact) mass is 406 g/mol. The summed E-state index contributed by atoms with van der Waals surface area (Å²) in [6.45, 7) is 2.11. The minimum atomic E-state index is -3.78. The van der Waals surface area contributed by atoms with Crippen molar-refractivity contribution in [1.82, 2.24) is 0 Å². The molecular formula is C23H22F4O2. The first kappa shape index (κ1) is 19.8. The summed E-state index contributed by atoms with van der Waals surface area (Å²) in [7, 11) is 0. The van der Waals surface area contributed by atoms with E-state index in [1.165, 1.54) is 17.2 Å². The van der Waals surface area contributed by atoms with Crippen molar-refractivity contribution in [2.75, 3.05) is 0 Å². The molecule has 2 aromatic rings. The molecule has 154 valence electrons. The molecule has 0 amide bonds. The second-order valence-electron chi connectivity index (χ2n) is 7.63. The molecule has 0 atom stereocenters. The fourth-order valence-corrected chi connectivity index (χ4v) is 4.11. The van der Waals surface area contributed by atoms with Gasteiger partial charge in [0.05, 0.1) is 0 Å². The van der Waals surface area contributed by atoms with Gasteiger partial charge in [0.2, 0.25) is 0 Å². The number of halogens is 4. The first-order valence-electron chi connectivity index (χ1n) is 9.90. The largest absolute Gasteiger partial charge is 0.586 e. The number of alkyl halides is 2. The Hall–Kier alpha value is -2.50. The Labute approximate surface area is 167 Å². The van der Waals surface area contributed by atoms with E-state index in [1.807, 2.05) is 0 Å². The van der Waals surface area contributed by atoms with Crippen LogP contribution in [-0.2, 0) is 6.42 Å². The Morgan fingerprint density at radius 3 is 2.24 bits per heavy atom. The second-order valence-corrected chi connectivity index (χ2v) is 7.63. The van der Waals surface area contributed by atoms with Crippen LogP contribution >= 0.6 is 0 Å². The lowest BCUT2D eigenvalue weighted by Crippen LogP contribution is -2.25. The minimum Gasteiger partial charge on any atom is -0.395 e. The molecule has 2 aliphatic rings. The van der Waals surface area contributed by atoms with Crippen LogP contribution in [0.2, 0.25) is 0 Å². The minimum absolute atomic E-state index is 0.125. The Morgan fingerprint density at radius 1 is 0.931 bits per heavy atom. The summed E-state index contributed by atoms with van der Waals surface area (Å²) < 4.78 is 64.3. The third-order valence-electron chi connectivity index (χ3n) is 5.81. The predicted molar refractivity (Wildman–Crippen MR) is 102 cm³/mol. The van der Waals surface area contributed by atoms with Crippen molar-refractivity contribution < 1.29 is 27.0 Å². The summed E-state index contributed by atoms with van der Waals surface area (Å²) in [4.78, 5) is 0. The van der Waals surface area contributed by atoms with Crippen molar-refractivity contribution in [2.45, 2.75) is 51.2 Å². The average molecular weight is 406 g/mol. The summed E-state index contributed by atoms with van der Waals surface area (Å²) in [5, 5.41) is 0. The van der Waals surface area contributed by atoms with Crippen molar-refractivity contribution in [1.29, 1.82) is 0 Å². The van der Waals surface area contributed by atoms with Crippen molar-refractivity contribution in [3.8, 4) is 11.5 Å². The van der Waals surface area contributed by atoms with Crippen LogP contribution in [0.3, 0.4) is 0 Å². The topological polar surface area (TPSA) is 18.5 Å². The molecule has 1 saturated carbocycles. The van der Waals surface area contributed by atoms with Crippen LogP contribution in [0.1, 0.15) is 55.2 Å². The Kier molecular flexibility index (Phi) is 5.28. The Bertz CT molecular complexity index is 913. The van der Waals surface area contributed by atoms with Crippen molar-refractivity contribution in [3.05, 3.63) is 65.0 Å². The lowest BCUT2D eigenvalue weighted by atomic mass is 9.78. The molecule has 0 unspecified atom stereocenters. The highest BCUT2D eigenvalue weighted by molar-refractivity contribution is 5.65. The van der Waals surface area contributed by atoms with Gasteiger partial charge in [-0.15, -0.1) is 8.78 Å². The molecule has 0 spiro atoms. The van der Waals surface area contributed by atoms with Crippen LogP contribution in [0.4, 0.5) is 17.6 Å². The number of ether oxygens (including phenoxy) is 2. The van der Waals surface area contributed by atoms with Gasteiger partial charge < -0.3 is 9.47 Å². The number of hydrogen-bond donors (Lipinski definition) is 0. The number of hydrogen-bond acceptors (Lipinski definition) is 2. The first-order chi connectivity index (χ1) is 13.9. The van der Waals surface area contributed by atoms with Gasteiger partial charge in [0.25, 0.3) is 0 Å². The average Bonchev–Trinajstić information content (AvgIpc) is 3.05.